The molecule has 0 radical (unpaired) electrons. The molecule has 2 aromatic rings. The van der Waals surface area contributed by atoms with Gasteiger partial charge in [-0.05, 0) is 35.9 Å². The van der Waals surface area contributed by atoms with Gasteiger partial charge in [-0.1, -0.05) is 41.4 Å². The number of benzene rings is 2. The number of hydrogen-bond acceptors (Lipinski definition) is 5. The molecule has 30 heavy (non-hydrogen) atoms. The number of anilines is 1. The van der Waals surface area contributed by atoms with Crippen LogP contribution in [0.1, 0.15) is 22.3 Å². The molecular weight excluding hydrogens is 423 g/mol. The molecule has 1 heterocycles. The smallest absolute Gasteiger partial charge is 0.187 e. The third kappa shape index (κ3) is 5.99. The highest BCUT2D eigenvalue weighted by atomic mass is 35.5. The quantitative estimate of drug-likeness (QED) is 0.467. The van der Waals surface area contributed by atoms with Crippen molar-refractivity contribution in [3.63, 3.8) is 0 Å². The minimum atomic E-state index is -0.216. The Kier molecular flexibility index (Phi) is 8.16. The Morgan fingerprint density at radius 3 is 2.63 bits per heavy atom. The number of carbonyl (C=O) groups excluding carboxylic acids is 1. The van der Waals surface area contributed by atoms with Crippen LogP contribution < -0.4 is 15.0 Å². The van der Waals surface area contributed by atoms with E-state index in [0.717, 1.165) is 30.8 Å². The van der Waals surface area contributed by atoms with Crippen molar-refractivity contribution >= 4 is 40.7 Å². The molecule has 1 fully saturated rings. The predicted octanol–water partition coefficient (Wildman–Crippen LogP) is 4.71. The normalized spacial score (nSPS) is 16.6. The number of nitrogens with zero attached hydrogens (tertiary/aromatic N) is 1. The predicted molar refractivity (Wildman–Crippen MR) is 123 cm³/mol. The van der Waals surface area contributed by atoms with Crippen molar-refractivity contribution in [2.75, 3.05) is 45.3 Å². The van der Waals surface area contributed by atoms with E-state index in [9.17, 15) is 4.79 Å². The van der Waals surface area contributed by atoms with E-state index in [1.54, 1.807) is 18.2 Å². The Balaban J connectivity index is 1.61. The monoisotopic (exact) mass is 448 g/mol. The zero-order valence-electron chi connectivity index (χ0n) is 17.2. The Morgan fingerprint density at radius 2 is 1.97 bits per heavy atom. The minimum absolute atomic E-state index is 0.130. The van der Waals surface area contributed by atoms with Crippen LogP contribution in [-0.2, 0) is 4.74 Å². The van der Waals surface area contributed by atoms with E-state index in [1.165, 1.54) is 6.08 Å². The molecule has 1 aliphatic heterocycles. The number of ketones is 1. The van der Waals surface area contributed by atoms with Crippen molar-refractivity contribution in [1.82, 2.24) is 5.32 Å². The summed E-state index contributed by atoms with van der Waals surface area (Å²) in [6, 6.07) is 11.2. The molecule has 2 aromatic carbocycles. The molecule has 7 heteroatoms. The van der Waals surface area contributed by atoms with Gasteiger partial charge in [0.2, 0.25) is 0 Å². The largest absolute Gasteiger partial charge is 0.492 e. The summed E-state index contributed by atoms with van der Waals surface area (Å²) in [5.41, 5.74) is 2.36. The van der Waals surface area contributed by atoms with Crippen LogP contribution in [0.2, 0.25) is 10.0 Å². The average molecular weight is 449 g/mol. The summed E-state index contributed by atoms with van der Waals surface area (Å²) in [6.07, 6.45) is 4.13. The van der Waals surface area contributed by atoms with Gasteiger partial charge in [0.05, 0.1) is 24.3 Å². The fourth-order valence-corrected chi connectivity index (χ4v) is 3.55. The fraction of sp³-hybridized carbons (Fsp3) is 0.348. The fourth-order valence-electron chi connectivity index (χ4n) is 3.08. The molecule has 0 aromatic heterocycles. The Hall–Kier alpha value is -2.05. The molecule has 1 N–H and O–H groups in total. The molecule has 0 saturated carbocycles. The molecule has 0 amide bonds. The van der Waals surface area contributed by atoms with Crippen molar-refractivity contribution in [3.8, 4) is 5.75 Å². The standard InChI is InChI=1S/C23H26Cl2N2O3/c1-27(2)17-6-3-16(4-7-17)5-9-20(28)19-8-10-21(23(25)22(19)24)30-13-11-18-15-26-12-14-29-18/h3-10,18,26H,11-15H2,1-2H3/b9-5+. The third-order valence-electron chi connectivity index (χ3n) is 4.85. The number of ether oxygens (including phenoxy) is 2. The van der Waals surface area contributed by atoms with E-state index < -0.39 is 0 Å². The zero-order chi connectivity index (χ0) is 21.5. The highest BCUT2D eigenvalue weighted by Gasteiger charge is 2.17. The van der Waals surface area contributed by atoms with Gasteiger partial charge in [0.25, 0.3) is 0 Å². The first-order chi connectivity index (χ1) is 14.5. The van der Waals surface area contributed by atoms with E-state index in [1.807, 2.05) is 43.3 Å². The maximum absolute atomic E-state index is 12.6. The number of allylic oxidation sites excluding steroid dienone is 1. The molecule has 1 unspecified atom stereocenters. The summed E-state index contributed by atoms with van der Waals surface area (Å²) in [7, 11) is 3.96. The van der Waals surface area contributed by atoms with Gasteiger partial charge < -0.3 is 19.7 Å². The van der Waals surface area contributed by atoms with Gasteiger partial charge in [-0.15, -0.1) is 0 Å². The topological polar surface area (TPSA) is 50.8 Å². The molecular formula is C23H26Cl2N2O3. The second-order valence-electron chi connectivity index (χ2n) is 7.26. The van der Waals surface area contributed by atoms with E-state index in [2.05, 4.69) is 5.32 Å². The van der Waals surface area contributed by atoms with Crippen molar-refractivity contribution in [3.05, 3.63) is 63.6 Å². The van der Waals surface area contributed by atoms with Gasteiger partial charge in [-0.2, -0.15) is 0 Å². The lowest BCUT2D eigenvalue weighted by atomic mass is 10.1. The second kappa shape index (κ2) is 10.8. The van der Waals surface area contributed by atoms with Crippen LogP contribution in [0.25, 0.3) is 6.08 Å². The zero-order valence-corrected chi connectivity index (χ0v) is 18.7. The Bertz CT molecular complexity index is 892. The van der Waals surface area contributed by atoms with E-state index in [4.69, 9.17) is 32.7 Å². The van der Waals surface area contributed by atoms with Crippen molar-refractivity contribution in [2.24, 2.45) is 0 Å². The van der Waals surface area contributed by atoms with Crippen molar-refractivity contribution in [2.45, 2.75) is 12.5 Å². The lowest BCUT2D eigenvalue weighted by Gasteiger charge is -2.23. The maximum atomic E-state index is 12.6. The molecule has 0 bridgehead atoms. The number of morpholine rings is 1. The summed E-state index contributed by atoms with van der Waals surface area (Å²) in [4.78, 5) is 14.6. The van der Waals surface area contributed by atoms with Crippen LogP contribution in [0, 0.1) is 0 Å². The number of halogens is 2. The van der Waals surface area contributed by atoms with Crippen LogP contribution in [0.15, 0.2) is 42.5 Å². The number of nitrogens with one attached hydrogen (secondary N) is 1. The van der Waals surface area contributed by atoms with E-state index in [0.29, 0.717) is 24.5 Å². The van der Waals surface area contributed by atoms with Gasteiger partial charge in [-0.3, -0.25) is 4.79 Å². The summed E-state index contributed by atoms with van der Waals surface area (Å²) < 4.78 is 11.4. The van der Waals surface area contributed by atoms with Crippen LogP contribution in [0.3, 0.4) is 0 Å². The molecule has 1 atom stereocenters. The molecule has 160 valence electrons. The van der Waals surface area contributed by atoms with Gasteiger partial charge in [0.15, 0.2) is 5.78 Å². The molecule has 3 rings (SSSR count). The molecule has 5 nitrogen and oxygen atoms in total. The second-order valence-corrected chi connectivity index (χ2v) is 8.01. The minimum Gasteiger partial charge on any atom is -0.492 e. The van der Waals surface area contributed by atoms with Crippen LogP contribution in [0.4, 0.5) is 5.69 Å². The van der Waals surface area contributed by atoms with Crippen molar-refractivity contribution < 1.29 is 14.3 Å². The third-order valence-corrected chi connectivity index (χ3v) is 5.72. The van der Waals surface area contributed by atoms with Gasteiger partial charge in [0.1, 0.15) is 10.8 Å². The van der Waals surface area contributed by atoms with Gasteiger partial charge in [-0.25, -0.2) is 0 Å². The van der Waals surface area contributed by atoms with Gasteiger partial charge >= 0.3 is 0 Å². The Morgan fingerprint density at radius 1 is 1.20 bits per heavy atom. The molecule has 0 spiro atoms. The summed E-state index contributed by atoms with van der Waals surface area (Å²) in [5, 5.41) is 3.72. The van der Waals surface area contributed by atoms with Crippen molar-refractivity contribution in [1.29, 1.82) is 0 Å². The maximum Gasteiger partial charge on any atom is 0.187 e. The highest BCUT2D eigenvalue weighted by Crippen LogP contribution is 2.35. The first kappa shape index (κ1) is 22.6. The lowest BCUT2D eigenvalue weighted by Crippen LogP contribution is -2.39. The van der Waals surface area contributed by atoms with Crippen LogP contribution in [0.5, 0.6) is 5.75 Å². The molecule has 1 saturated heterocycles. The highest BCUT2D eigenvalue weighted by molar-refractivity contribution is 6.45. The first-order valence-electron chi connectivity index (χ1n) is 9.88. The van der Waals surface area contributed by atoms with Crippen LogP contribution >= 0.6 is 23.2 Å². The number of rotatable bonds is 8. The number of carbonyl (C=O) groups is 1. The summed E-state index contributed by atoms with van der Waals surface area (Å²) in [5.74, 6) is 0.247. The average Bonchev–Trinajstić information content (AvgIpc) is 2.76. The van der Waals surface area contributed by atoms with Gasteiger partial charge in [0, 0.05) is 44.9 Å². The van der Waals surface area contributed by atoms with Crippen LogP contribution in [-0.4, -0.2) is 52.3 Å². The molecule has 1 aliphatic rings. The van der Waals surface area contributed by atoms with E-state index >= 15 is 0 Å². The lowest BCUT2D eigenvalue weighted by molar-refractivity contribution is 0.0159. The summed E-state index contributed by atoms with van der Waals surface area (Å²) >= 11 is 12.7. The Labute approximate surface area is 187 Å². The summed E-state index contributed by atoms with van der Waals surface area (Å²) in [6.45, 7) is 2.86. The van der Waals surface area contributed by atoms with E-state index in [-0.39, 0.29) is 21.9 Å². The number of hydrogen-bond donors (Lipinski definition) is 1. The SMILES string of the molecule is CN(C)c1ccc(/C=C/C(=O)c2ccc(OCCC3CNCCO3)c(Cl)c2Cl)cc1. The first-order valence-corrected chi connectivity index (χ1v) is 10.6. The molecule has 0 aliphatic carbocycles.